The molecule has 1 aliphatic carbocycles. The molecule has 1 N–H and O–H groups in total. The van der Waals surface area contributed by atoms with E-state index in [9.17, 15) is 10.1 Å². The maximum absolute atomic E-state index is 13.9. The Kier molecular flexibility index (Phi) is 5.88. The Morgan fingerprint density at radius 1 is 1.03 bits per heavy atom. The first-order valence-electron chi connectivity index (χ1n) is 12.2. The molecule has 1 aromatic heterocycles. The summed E-state index contributed by atoms with van der Waals surface area (Å²) in [6.07, 6.45) is 3.03. The third-order valence-electron chi connectivity index (χ3n) is 7.26. The minimum absolute atomic E-state index is 0.0884. The lowest BCUT2D eigenvalue weighted by Gasteiger charge is -2.37. The average Bonchev–Trinajstić information content (AvgIpc) is 3.26. The Hall–Kier alpha value is -3.98. The molecule has 2 aliphatic rings. The summed E-state index contributed by atoms with van der Waals surface area (Å²) in [5.74, 6) is 1.77. The van der Waals surface area contributed by atoms with Crippen LogP contribution in [0.4, 0.5) is 5.82 Å². The fourth-order valence-corrected chi connectivity index (χ4v) is 5.64. The first-order valence-corrected chi connectivity index (χ1v) is 12.2. The van der Waals surface area contributed by atoms with E-state index in [-0.39, 0.29) is 17.2 Å². The van der Waals surface area contributed by atoms with Gasteiger partial charge < -0.3 is 19.4 Å². The predicted molar refractivity (Wildman–Crippen MR) is 140 cm³/mol. The maximum Gasteiger partial charge on any atom is 0.164 e. The van der Waals surface area contributed by atoms with E-state index in [1.807, 2.05) is 42.6 Å². The van der Waals surface area contributed by atoms with Crippen molar-refractivity contribution in [1.82, 2.24) is 4.57 Å². The Labute approximate surface area is 212 Å². The standard InChI is InChI=1S/C30H31N3O3/c1-30(2,3)33-17-20(16-31)25-26(21-12-9-13-24(35-4)28(21)36-5)27-22(32-29(25)33)14-19(15-23(27)34)18-10-7-6-8-11-18/h6-13,17,19,26,32H,14-15H2,1-5H3/t19-,26+/m1/s1. The Morgan fingerprint density at radius 2 is 1.78 bits per heavy atom. The third kappa shape index (κ3) is 3.76. The number of hydrogen-bond donors (Lipinski definition) is 1. The van der Waals surface area contributed by atoms with Crippen LogP contribution in [0.5, 0.6) is 11.5 Å². The molecule has 5 rings (SSSR count). The van der Waals surface area contributed by atoms with Crippen LogP contribution in [0.3, 0.4) is 0 Å². The molecule has 184 valence electrons. The number of carbonyl (C=O) groups is 1. The number of nitriles is 1. The molecule has 2 aromatic carbocycles. The number of benzene rings is 2. The number of allylic oxidation sites excluding steroid dienone is 2. The second-order valence-electron chi connectivity index (χ2n) is 10.4. The van der Waals surface area contributed by atoms with Crippen molar-refractivity contribution in [2.24, 2.45) is 0 Å². The summed E-state index contributed by atoms with van der Waals surface area (Å²) in [7, 11) is 3.21. The number of Topliss-reactive ketones (excluding diaryl/α,β-unsaturated/α-hetero) is 1. The predicted octanol–water partition coefficient (Wildman–Crippen LogP) is 6.09. The monoisotopic (exact) mass is 481 g/mol. The lowest BCUT2D eigenvalue weighted by molar-refractivity contribution is -0.116. The van der Waals surface area contributed by atoms with Crippen LogP contribution in [0.1, 0.15) is 67.7 Å². The van der Waals surface area contributed by atoms with Crippen molar-refractivity contribution >= 4 is 11.6 Å². The molecular formula is C30H31N3O3. The molecule has 0 saturated heterocycles. The molecule has 6 heteroatoms. The summed E-state index contributed by atoms with van der Waals surface area (Å²) in [5.41, 5.74) is 4.69. The fraction of sp³-hybridized carbons (Fsp3) is 0.333. The summed E-state index contributed by atoms with van der Waals surface area (Å²) in [5, 5.41) is 13.8. The van der Waals surface area contributed by atoms with Gasteiger partial charge in [-0.2, -0.15) is 5.26 Å². The van der Waals surface area contributed by atoms with Gasteiger partial charge in [0.15, 0.2) is 17.3 Å². The van der Waals surface area contributed by atoms with Gasteiger partial charge in [-0.3, -0.25) is 4.79 Å². The molecule has 0 fully saturated rings. The smallest absolute Gasteiger partial charge is 0.164 e. The van der Waals surface area contributed by atoms with E-state index in [1.165, 1.54) is 0 Å². The van der Waals surface area contributed by atoms with Gasteiger partial charge in [0.25, 0.3) is 0 Å². The number of nitrogens with zero attached hydrogens (tertiary/aromatic N) is 2. The van der Waals surface area contributed by atoms with Crippen LogP contribution in [0.15, 0.2) is 66.0 Å². The quantitative estimate of drug-likeness (QED) is 0.488. The van der Waals surface area contributed by atoms with Crippen LogP contribution in [0.25, 0.3) is 0 Å². The van der Waals surface area contributed by atoms with Gasteiger partial charge in [0, 0.05) is 46.5 Å². The van der Waals surface area contributed by atoms with Gasteiger partial charge in [-0.25, -0.2) is 0 Å². The summed E-state index contributed by atoms with van der Waals surface area (Å²) < 4.78 is 13.5. The number of carbonyl (C=O) groups excluding carboxylic acids is 1. The zero-order valence-electron chi connectivity index (χ0n) is 21.4. The highest BCUT2D eigenvalue weighted by atomic mass is 16.5. The molecule has 0 radical (unpaired) electrons. The largest absolute Gasteiger partial charge is 0.493 e. The lowest BCUT2D eigenvalue weighted by atomic mass is 9.72. The highest BCUT2D eigenvalue weighted by molar-refractivity contribution is 6.02. The Balaban J connectivity index is 1.77. The van der Waals surface area contributed by atoms with E-state index in [4.69, 9.17) is 9.47 Å². The first-order chi connectivity index (χ1) is 17.3. The number of ketones is 1. The molecule has 0 spiro atoms. The number of nitrogens with one attached hydrogen (secondary N) is 1. The molecule has 1 aliphatic heterocycles. The van der Waals surface area contributed by atoms with Crippen molar-refractivity contribution in [3.05, 3.63) is 88.3 Å². The summed E-state index contributed by atoms with van der Waals surface area (Å²) >= 11 is 0. The number of aromatic nitrogens is 1. The number of methoxy groups -OCH3 is 2. The van der Waals surface area contributed by atoms with Gasteiger partial charge in [-0.05, 0) is 44.7 Å². The van der Waals surface area contributed by atoms with Gasteiger partial charge in [-0.1, -0.05) is 42.5 Å². The van der Waals surface area contributed by atoms with Gasteiger partial charge in [-0.15, -0.1) is 0 Å². The number of para-hydroxylation sites is 1. The average molecular weight is 482 g/mol. The van der Waals surface area contributed by atoms with Crippen molar-refractivity contribution in [3.63, 3.8) is 0 Å². The zero-order chi connectivity index (χ0) is 25.6. The van der Waals surface area contributed by atoms with E-state index in [1.54, 1.807) is 14.2 Å². The molecule has 3 aromatic rings. The number of ether oxygens (including phenoxy) is 2. The first kappa shape index (κ1) is 23.7. The van der Waals surface area contributed by atoms with Crippen molar-refractivity contribution in [2.75, 3.05) is 19.5 Å². The molecule has 2 atom stereocenters. The SMILES string of the molecule is COc1cccc([C@@H]2C3=C(C[C@@H](c4ccccc4)CC3=O)Nc3c2c(C#N)cn3C(C)(C)C)c1OC. The zero-order valence-corrected chi connectivity index (χ0v) is 21.4. The topological polar surface area (TPSA) is 76.3 Å². The van der Waals surface area contributed by atoms with Crippen LogP contribution >= 0.6 is 0 Å². The highest BCUT2D eigenvalue weighted by Gasteiger charge is 2.43. The maximum atomic E-state index is 13.9. The molecule has 6 nitrogen and oxygen atoms in total. The van der Waals surface area contributed by atoms with Crippen molar-refractivity contribution in [1.29, 1.82) is 5.26 Å². The Bertz CT molecular complexity index is 1400. The number of fused-ring (bicyclic) bond motifs is 1. The molecular weight excluding hydrogens is 450 g/mol. The van der Waals surface area contributed by atoms with Gasteiger partial charge in [0.05, 0.1) is 19.8 Å². The second-order valence-corrected chi connectivity index (χ2v) is 10.4. The van der Waals surface area contributed by atoms with Crippen molar-refractivity contribution < 1.29 is 14.3 Å². The van der Waals surface area contributed by atoms with Crippen LogP contribution < -0.4 is 14.8 Å². The number of anilines is 1. The summed E-state index contributed by atoms with van der Waals surface area (Å²) in [6.45, 7) is 6.33. The highest BCUT2D eigenvalue weighted by Crippen LogP contribution is 2.53. The molecule has 0 unspecified atom stereocenters. The third-order valence-corrected chi connectivity index (χ3v) is 7.26. The van der Waals surface area contributed by atoms with Crippen molar-refractivity contribution in [3.8, 4) is 17.6 Å². The van der Waals surface area contributed by atoms with E-state index in [0.29, 0.717) is 35.5 Å². The van der Waals surface area contributed by atoms with Crippen LogP contribution in [-0.4, -0.2) is 24.6 Å². The lowest BCUT2D eigenvalue weighted by Crippen LogP contribution is -2.32. The molecule has 0 bridgehead atoms. The molecule has 36 heavy (non-hydrogen) atoms. The van der Waals surface area contributed by atoms with E-state index in [0.717, 1.165) is 28.2 Å². The summed E-state index contributed by atoms with van der Waals surface area (Å²) in [6, 6.07) is 18.3. The number of rotatable bonds is 4. The van der Waals surface area contributed by atoms with Crippen LogP contribution in [0, 0.1) is 11.3 Å². The number of hydrogen-bond acceptors (Lipinski definition) is 5. The fourth-order valence-electron chi connectivity index (χ4n) is 5.64. The molecule has 2 heterocycles. The summed E-state index contributed by atoms with van der Waals surface area (Å²) in [4.78, 5) is 13.9. The Morgan fingerprint density at radius 3 is 2.42 bits per heavy atom. The molecule has 0 amide bonds. The van der Waals surface area contributed by atoms with Crippen LogP contribution in [0.2, 0.25) is 0 Å². The normalized spacial score (nSPS) is 19.2. The van der Waals surface area contributed by atoms with E-state index in [2.05, 4.69) is 48.9 Å². The van der Waals surface area contributed by atoms with E-state index >= 15 is 0 Å². The van der Waals surface area contributed by atoms with Gasteiger partial charge in [0.2, 0.25) is 0 Å². The molecule has 0 saturated carbocycles. The van der Waals surface area contributed by atoms with Crippen LogP contribution in [-0.2, 0) is 10.3 Å². The van der Waals surface area contributed by atoms with Gasteiger partial charge >= 0.3 is 0 Å². The van der Waals surface area contributed by atoms with Gasteiger partial charge in [0.1, 0.15) is 11.9 Å². The van der Waals surface area contributed by atoms with Crippen molar-refractivity contribution in [2.45, 2.75) is 51.0 Å². The minimum Gasteiger partial charge on any atom is -0.493 e. The minimum atomic E-state index is -0.441. The second kappa shape index (κ2) is 8.91. The van der Waals surface area contributed by atoms with E-state index < -0.39 is 5.92 Å².